The van der Waals surface area contributed by atoms with Crippen molar-refractivity contribution in [1.29, 1.82) is 0 Å². The number of amides is 3. The number of nitrogens with one attached hydrogen (secondary N) is 2. The van der Waals surface area contributed by atoms with E-state index in [1.165, 1.54) is 0 Å². The Hall–Kier alpha value is -3.80. The predicted molar refractivity (Wildman–Crippen MR) is 134 cm³/mol. The van der Waals surface area contributed by atoms with Crippen molar-refractivity contribution < 1.29 is 14.3 Å². The molecule has 3 aromatic carbocycles. The summed E-state index contributed by atoms with van der Waals surface area (Å²) in [6.07, 6.45) is 1.92. The maximum absolute atomic E-state index is 12.9. The zero-order chi connectivity index (χ0) is 23.8. The topological polar surface area (TPSA) is 70.7 Å². The van der Waals surface area contributed by atoms with Gasteiger partial charge in [0.05, 0.1) is 6.61 Å². The summed E-state index contributed by atoms with van der Waals surface area (Å²) in [6, 6.07) is 24.9. The van der Waals surface area contributed by atoms with Crippen LogP contribution >= 0.6 is 0 Å². The van der Waals surface area contributed by atoms with Gasteiger partial charge in [-0.1, -0.05) is 48.5 Å². The Bertz CT molecular complexity index is 1120. The van der Waals surface area contributed by atoms with Crippen LogP contribution in [-0.4, -0.2) is 36.5 Å². The molecule has 34 heavy (non-hydrogen) atoms. The second kappa shape index (κ2) is 11.4. The van der Waals surface area contributed by atoms with Crippen LogP contribution in [0.1, 0.15) is 47.2 Å². The second-order valence-electron chi connectivity index (χ2n) is 8.43. The summed E-state index contributed by atoms with van der Waals surface area (Å²) in [7, 11) is 0. The number of rotatable bonds is 7. The highest BCUT2D eigenvalue weighted by molar-refractivity contribution is 5.94. The monoisotopic (exact) mass is 457 g/mol. The Morgan fingerprint density at radius 2 is 1.79 bits per heavy atom. The SMILES string of the molecule is CCOc1ccccc1CNC(=O)c1cccc(C2CCCN(C(=O)Nc3ccccc3)C2)c1. The summed E-state index contributed by atoms with van der Waals surface area (Å²) in [6.45, 7) is 4.28. The van der Waals surface area contributed by atoms with E-state index < -0.39 is 0 Å². The molecule has 0 aromatic heterocycles. The van der Waals surface area contributed by atoms with E-state index in [-0.39, 0.29) is 17.9 Å². The van der Waals surface area contributed by atoms with Crippen molar-refractivity contribution in [2.45, 2.75) is 32.2 Å². The molecule has 1 saturated heterocycles. The Morgan fingerprint density at radius 1 is 1.00 bits per heavy atom. The molecule has 0 aliphatic carbocycles. The number of nitrogens with zero attached hydrogens (tertiary/aromatic N) is 1. The molecule has 1 unspecified atom stereocenters. The second-order valence-corrected chi connectivity index (χ2v) is 8.43. The average Bonchev–Trinajstić information content (AvgIpc) is 2.89. The fourth-order valence-electron chi connectivity index (χ4n) is 4.32. The number of piperidine rings is 1. The van der Waals surface area contributed by atoms with Gasteiger partial charge in [0.2, 0.25) is 0 Å². The number of benzene rings is 3. The number of para-hydroxylation sites is 2. The normalized spacial score (nSPS) is 15.4. The van der Waals surface area contributed by atoms with Crippen molar-refractivity contribution >= 4 is 17.6 Å². The number of anilines is 1. The van der Waals surface area contributed by atoms with Crippen LogP contribution in [0.25, 0.3) is 0 Å². The first-order valence-corrected chi connectivity index (χ1v) is 11.8. The van der Waals surface area contributed by atoms with Gasteiger partial charge in [-0.05, 0) is 55.7 Å². The van der Waals surface area contributed by atoms with Crippen LogP contribution in [-0.2, 0) is 6.54 Å². The van der Waals surface area contributed by atoms with Gasteiger partial charge in [0.1, 0.15) is 5.75 Å². The number of hydrogen-bond donors (Lipinski definition) is 2. The van der Waals surface area contributed by atoms with Crippen LogP contribution in [0, 0.1) is 0 Å². The minimum absolute atomic E-state index is 0.0854. The van der Waals surface area contributed by atoms with Gasteiger partial charge in [0.15, 0.2) is 0 Å². The smallest absolute Gasteiger partial charge is 0.321 e. The highest BCUT2D eigenvalue weighted by Crippen LogP contribution is 2.28. The largest absolute Gasteiger partial charge is 0.494 e. The molecule has 1 heterocycles. The maximum atomic E-state index is 12.9. The first-order valence-electron chi connectivity index (χ1n) is 11.8. The van der Waals surface area contributed by atoms with E-state index in [9.17, 15) is 9.59 Å². The van der Waals surface area contributed by atoms with Crippen LogP contribution in [0.2, 0.25) is 0 Å². The molecule has 0 saturated carbocycles. The molecule has 4 rings (SSSR count). The van der Waals surface area contributed by atoms with Crippen molar-refractivity contribution in [3.63, 3.8) is 0 Å². The minimum Gasteiger partial charge on any atom is -0.494 e. The van der Waals surface area contributed by atoms with Gasteiger partial charge in [0, 0.05) is 42.4 Å². The van der Waals surface area contributed by atoms with E-state index in [4.69, 9.17) is 4.74 Å². The van der Waals surface area contributed by atoms with Crippen molar-refractivity contribution in [3.8, 4) is 5.75 Å². The Morgan fingerprint density at radius 3 is 2.62 bits per heavy atom. The molecule has 0 bridgehead atoms. The molecule has 1 atom stereocenters. The standard InChI is InChI=1S/C28H31N3O3/c1-2-34-26-16-7-6-10-23(26)19-29-27(32)22-12-8-11-21(18-22)24-13-9-17-31(20-24)28(33)30-25-14-4-3-5-15-25/h3-8,10-12,14-16,18,24H,2,9,13,17,19-20H2,1H3,(H,29,32)(H,30,33). The van der Waals surface area contributed by atoms with Gasteiger partial charge in [-0.15, -0.1) is 0 Å². The Kier molecular flexibility index (Phi) is 7.81. The number of hydrogen-bond acceptors (Lipinski definition) is 3. The van der Waals surface area contributed by atoms with Crippen LogP contribution in [0.15, 0.2) is 78.9 Å². The predicted octanol–water partition coefficient (Wildman–Crippen LogP) is 5.43. The zero-order valence-electron chi connectivity index (χ0n) is 19.5. The number of likely N-dealkylation sites (tertiary alicyclic amines) is 1. The molecule has 6 nitrogen and oxygen atoms in total. The summed E-state index contributed by atoms with van der Waals surface area (Å²) in [5.41, 5.74) is 3.44. The third-order valence-electron chi connectivity index (χ3n) is 6.07. The van der Waals surface area contributed by atoms with E-state index in [1.807, 2.05) is 90.7 Å². The lowest BCUT2D eigenvalue weighted by Crippen LogP contribution is -2.41. The number of carbonyl (C=O) groups excluding carboxylic acids is 2. The van der Waals surface area contributed by atoms with Crippen molar-refractivity contribution in [2.24, 2.45) is 0 Å². The number of urea groups is 1. The lowest BCUT2D eigenvalue weighted by atomic mass is 9.89. The van der Waals surface area contributed by atoms with Crippen LogP contribution in [0.5, 0.6) is 5.75 Å². The van der Waals surface area contributed by atoms with Gasteiger partial charge in [-0.3, -0.25) is 4.79 Å². The van der Waals surface area contributed by atoms with Gasteiger partial charge in [-0.25, -0.2) is 4.79 Å². The van der Waals surface area contributed by atoms with E-state index in [0.717, 1.165) is 42.0 Å². The van der Waals surface area contributed by atoms with Crippen LogP contribution in [0.4, 0.5) is 10.5 Å². The summed E-state index contributed by atoms with van der Waals surface area (Å²) in [5, 5.41) is 5.98. The lowest BCUT2D eigenvalue weighted by molar-refractivity contribution is 0.0950. The number of carbonyl (C=O) groups is 2. The molecule has 0 spiro atoms. The molecule has 1 aliphatic heterocycles. The molecule has 1 fully saturated rings. The third-order valence-corrected chi connectivity index (χ3v) is 6.07. The van der Waals surface area contributed by atoms with E-state index in [0.29, 0.717) is 25.3 Å². The molecule has 176 valence electrons. The summed E-state index contributed by atoms with van der Waals surface area (Å²) < 4.78 is 5.65. The van der Waals surface area contributed by atoms with Gasteiger partial charge in [0.25, 0.3) is 5.91 Å². The Labute approximate surface area is 200 Å². The fraction of sp³-hybridized carbons (Fsp3) is 0.286. The summed E-state index contributed by atoms with van der Waals surface area (Å²) in [4.78, 5) is 27.5. The summed E-state index contributed by atoms with van der Waals surface area (Å²) in [5.74, 6) is 0.861. The van der Waals surface area contributed by atoms with E-state index >= 15 is 0 Å². The van der Waals surface area contributed by atoms with Gasteiger partial charge < -0.3 is 20.3 Å². The van der Waals surface area contributed by atoms with E-state index in [1.54, 1.807) is 0 Å². The molecule has 6 heteroatoms. The third kappa shape index (κ3) is 5.95. The maximum Gasteiger partial charge on any atom is 0.321 e. The number of ether oxygens (including phenoxy) is 1. The van der Waals surface area contributed by atoms with Gasteiger partial charge >= 0.3 is 6.03 Å². The molecule has 0 radical (unpaired) electrons. The van der Waals surface area contributed by atoms with Crippen molar-refractivity contribution in [1.82, 2.24) is 10.2 Å². The van der Waals surface area contributed by atoms with Crippen LogP contribution < -0.4 is 15.4 Å². The van der Waals surface area contributed by atoms with Crippen molar-refractivity contribution in [3.05, 3.63) is 95.6 Å². The molecule has 1 aliphatic rings. The first kappa shape index (κ1) is 23.4. The minimum atomic E-state index is -0.123. The molecule has 3 aromatic rings. The quantitative estimate of drug-likeness (QED) is 0.497. The van der Waals surface area contributed by atoms with Crippen LogP contribution in [0.3, 0.4) is 0 Å². The lowest BCUT2D eigenvalue weighted by Gasteiger charge is -2.33. The molecule has 3 amide bonds. The highest BCUT2D eigenvalue weighted by atomic mass is 16.5. The van der Waals surface area contributed by atoms with E-state index in [2.05, 4.69) is 10.6 Å². The first-order chi connectivity index (χ1) is 16.6. The fourth-order valence-corrected chi connectivity index (χ4v) is 4.32. The highest BCUT2D eigenvalue weighted by Gasteiger charge is 2.25. The molecular formula is C28H31N3O3. The summed E-state index contributed by atoms with van der Waals surface area (Å²) >= 11 is 0. The van der Waals surface area contributed by atoms with Crippen molar-refractivity contribution in [2.75, 3.05) is 25.0 Å². The Balaban J connectivity index is 1.38. The molecule has 2 N–H and O–H groups in total. The zero-order valence-corrected chi connectivity index (χ0v) is 19.5. The average molecular weight is 458 g/mol. The van der Waals surface area contributed by atoms with Gasteiger partial charge in [-0.2, -0.15) is 0 Å². The molecular weight excluding hydrogens is 426 g/mol.